The Balaban J connectivity index is 1.93. The molecule has 6 nitrogen and oxygen atoms in total. The maximum atomic E-state index is 14.2. The quantitative estimate of drug-likeness (QED) is 0.726. The molecule has 0 spiro atoms. The van der Waals surface area contributed by atoms with Gasteiger partial charge in [0.1, 0.15) is 16.5 Å². The minimum Gasteiger partial charge on any atom is -0.381 e. The molecule has 9 heteroatoms. The molecule has 2 aromatic carbocycles. The van der Waals surface area contributed by atoms with Crippen LogP contribution in [0.4, 0.5) is 8.78 Å². The molecular formula is C21H24F2N2O4S. The summed E-state index contributed by atoms with van der Waals surface area (Å²) in [7, 11) is -4.12. The third kappa shape index (κ3) is 4.85. The number of benzene rings is 2. The molecule has 1 fully saturated rings. The highest BCUT2D eigenvalue weighted by atomic mass is 32.2. The van der Waals surface area contributed by atoms with Crippen LogP contribution in [-0.2, 0) is 20.3 Å². The van der Waals surface area contributed by atoms with Crippen molar-refractivity contribution < 1.29 is 26.7 Å². The highest BCUT2D eigenvalue weighted by molar-refractivity contribution is 7.89. The highest BCUT2D eigenvalue weighted by Crippen LogP contribution is 2.33. The van der Waals surface area contributed by atoms with E-state index in [0.717, 1.165) is 17.7 Å². The largest absolute Gasteiger partial charge is 0.381 e. The second-order valence-corrected chi connectivity index (χ2v) is 9.26. The molecule has 1 aliphatic rings. The first-order chi connectivity index (χ1) is 14.1. The number of hydrogen-bond donors (Lipinski definition) is 2. The van der Waals surface area contributed by atoms with E-state index in [1.807, 2.05) is 0 Å². The van der Waals surface area contributed by atoms with Gasteiger partial charge >= 0.3 is 0 Å². The van der Waals surface area contributed by atoms with Crippen LogP contribution in [0.2, 0.25) is 0 Å². The Morgan fingerprint density at radius 3 is 2.30 bits per heavy atom. The molecule has 0 bridgehead atoms. The molecular weight excluding hydrogens is 414 g/mol. The maximum absolute atomic E-state index is 14.2. The van der Waals surface area contributed by atoms with Crippen molar-refractivity contribution in [1.29, 1.82) is 0 Å². The van der Waals surface area contributed by atoms with Gasteiger partial charge in [0.2, 0.25) is 10.0 Å². The van der Waals surface area contributed by atoms with Crippen molar-refractivity contribution in [2.75, 3.05) is 13.2 Å². The van der Waals surface area contributed by atoms with E-state index < -0.39 is 44.0 Å². The average molecular weight is 438 g/mol. The Labute approximate surface area is 174 Å². The lowest BCUT2D eigenvalue weighted by Crippen LogP contribution is -2.49. The first-order valence-corrected chi connectivity index (χ1v) is 11.1. The van der Waals surface area contributed by atoms with Crippen LogP contribution in [0.25, 0.3) is 0 Å². The molecule has 1 heterocycles. The molecule has 0 aliphatic carbocycles. The topological polar surface area (TPSA) is 84.5 Å². The Bertz CT molecular complexity index is 1020. The van der Waals surface area contributed by atoms with Crippen LogP contribution in [0.1, 0.15) is 42.6 Å². The summed E-state index contributed by atoms with van der Waals surface area (Å²) in [5.41, 5.74) is -0.0717. The van der Waals surface area contributed by atoms with E-state index >= 15 is 0 Å². The zero-order valence-electron chi connectivity index (χ0n) is 16.7. The lowest BCUT2D eigenvalue weighted by molar-refractivity contribution is 0.0345. The van der Waals surface area contributed by atoms with Gasteiger partial charge in [0.05, 0.1) is 5.54 Å². The summed E-state index contributed by atoms with van der Waals surface area (Å²) in [4.78, 5) is 12.4. The lowest BCUT2D eigenvalue weighted by Gasteiger charge is -2.38. The number of hydrogen-bond acceptors (Lipinski definition) is 4. The fourth-order valence-electron chi connectivity index (χ4n) is 3.49. The van der Waals surface area contributed by atoms with Gasteiger partial charge in [-0.1, -0.05) is 12.1 Å². The summed E-state index contributed by atoms with van der Waals surface area (Å²) in [5, 5.41) is 2.94. The normalized spacial score (nSPS) is 16.4. The molecule has 162 valence electrons. The second kappa shape index (κ2) is 8.79. The van der Waals surface area contributed by atoms with E-state index in [1.54, 1.807) is 26.0 Å². The standard InChI is InChI=1S/C21H24F2N2O4S/c1-14(2)25-30(27,28)19-13-15(3-8-18(19)23)20(26)24-21(9-11-29-12-10-21)16-4-6-17(22)7-5-16/h3-8,13-14,25H,9-12H2,1-2H3,(H,24,26). The molecule has 1 aliphatic heterocycles. The summed E-state index contributed by atoms with van der Waals surface area (Å²) in [6.45, 7) is 4.03. The third-order valence-corrected chi connectivity index (χ3v) is 6.64. The van der Waals surface area contributed by atoms with Crippen molar-refractivity contribution in [3.63, 3.8) is 0 Å². The molecule has 0 unspecified atom stereocenters. The number of carbonyl (C=O) groups is 1. The van der Waals surface area contributed by atoms with Crippen LogP contribution in [0.15, 0.2) is 47.4 Å². The van der Waals surface area contributed by atoms with Crippen LogP contribution in [0.5, 0.6) is 0 Å². The van der Waals surface area contributed by atoms with E-state index in [1.165, 1.54) is 18.2 Å². The fraction of sp³-hybridized carbons (Fsp3) is 0.381. The summed E-state index contributed by atoms with van der Waals surface area (Å²) in [6, 6.07) is 8.62. The van der Waals surface area contributed by atoms with E-state index in [2.05, 4.69) is 10.0 Å². The van der Waals surface area contributed by atoms with E-state index in [-0.39, 0.29) is 5.56 Å². The van der Waals surface area contributed by atoms with Crippen LogP contribution in [-0.4, -0.2) is 33.6 Å². The van der Waals surface area contributed by atoms with Crippen LogP contribution in [0, 0.1) is 11.6 Å². The van der Waals surface area contributed by atoms with Gasteiger partial charge in [-0.05, 0) is 62.6 Å². The SMILES string of the molecule is CC(C)NS(=O)(=O)c1cc(C(=O)NC2(c3ccc(F)cc3)CCOCC2)ccc1F. The summed E-state index contributed by atoms with van der Waals surface area (Å²) >= 11 is 0. The van der Waals surface area contributed by atoms with Crippen molar-refractivity contribution in [2.24, 2.45) is 0 Å². The number of rotatable bonds is 6. The van der Waals surface area contributed by atoms with Crippen LogP contribution >= 0.6 is 0 Å². The van der Waals surface area contributed by atoms with Crippen LogP contribution < -0.4 is 10.0 Å². The first-order valence-electron chi connectivity index (χ1n) is 9.61. The van der Waals surface area contributed by atoms with Gasteiger partial charge in [0.25, 0.3) is 5.91 Å². The summed E-state index contributed by atoms with van der Waals surface area (Å²) < 4.78 is 60.1. The summed E-state index contributed by atoms with van der Waals surface area (Å²) in [5.74, 6) is -1.89. The smallest absolute Gasteiger partial charge is 0.252 e. The predicted octanol–water partition coefficient (Wildman–Crippen LogP) is 3.09. The number of nitrogens with one attached hydrogen (secondary N) is 2. The Morgan fingerprint density at radius 2 is 1.70 bits per heavy atom. The lowest BCUT2D eigenvalue weighted by atomic mass is 9.82. The van der Waals surface area contributed by atoms with Gasteiger partial charge in [-0.2, -0.15) is 0 Å². The van der Waals surface area contributed by atoms with Crippen molar-refractivity contribution in [2.45, 2.75) is 43.2 Å². The Hall–Kier alpha value is -2.36. The van der Waals surface area contributed by atoms with Gasteiger partial charge in [-0.25, -0.2) is 21.9 Å². The second-order valence-electron chi connectivity index (χ2n) is 7.58. The predicted molar refractivity (Wildman–Crippen MR) is 107 cm³/mol. The van der Waals surface area contributed by atoms with Crippen molar-refractivity contribution in [1.82, 2.24) is 10.0 Å². The Morgan fingerprint density at radius 1 is 1.07 bits per heavy atom. The Kier molecular flexibility index (Phi) is 6.54. The minimum absolute atomic E-state index is 0.00788. The maximum Gasteiger partial charge on any atom is 0.252 e. The molecule has 1 saturated heterocycles. The molecule has 0 aromatic heterocycles. The van der Waals surface area contributed by atoms with E-state index in [9.17, 15) is 22.0 Å². The number of sulfonamides is 1. The monoisotopic (exact) mass is 438 g/mol. The highest BCUT2D eigenvalue weighted by Gasteiger charge is 2.36. The van der Waals surface area contributed by atoms with Gasteiger partial charge < -0.3 is 10.1 Å². The number of amides is 1. The molecule has 2 N–H and O–H groups in total. The van der Waals surface area contributed by atoms with Gasteiger partial charge in [-0.15, -0.1) is 0 Å². The number of ether oxygens (including phenoxy) is 1. The van der Waals surface area contributed by atoms with Gasteiger partial charge in [0, 0.05) is 24.8 Å². The fourth-order valence-corrected chi connectivity index (χ4v) is 4.84. The number of carbonyl (C=O) groups excluding carboxylic acids is 1. The third-order valence-electron chi connectivity index (χ3n) is 4.97. The van der Waals surface area contributed by atoms with Crippen molar-refractivity contribution in [3.8, 4) is 0 Å². The van der Waals surface area contributed by atoms with Crippen molar-refractivity contribution >= 4 is 15.9 Å². The first kappa shape index (κ1) is 22.3. The minimum atomic E-state index is -4.12. The molecule has 30 heavy (non-hydrogen) atoms. The average Bonchev–Trinajstić information content (AvgIpc) is 2.68. The molecule has 1 amide bonds. The number of halogens is 2. The molecule has 0 radical (unpaired) electrons. The zero-order chi connectivity index (χ0) is 21.9. The van der Waals surface area contributed by atoms with Crippen molar-refractivity contribution in [3.05, 3.63) is 65.2 Å². The molecule has 0 saturated carbocycles. The molecule has 2 aromatic rings. The molecule has 0 atom stereocenters. The van der Waals surface area contributed by atoms with E-state index in [4.69, 9.17) is 4.74 Å². The zero-order valence-corrected chi connectivity index (χ0v) is 17.6. The van der Waals surface area contributed by atoms with Crippen LogP contribution in [0.3, 0.4) is 0 Å². The van der Waals surface area contributed by atoms with Gasteiger partial charge in [0.15, 0.2) is 0 Å². The molecule has 3 rings (SSSR count). The van der Waals surface area contributed by atoms with E-state index in [0.29, 0.717) is 26.1 Å². The van der Waals surface area contributed by atoms with Gasteiger partial charge in [-0.3, -0.25) is 4.79 Å². The summed E-state index contributed by atoms with van der Waals surface area (Å²) in [6.07, 6.45) is 0.928.